The smallest absolute Gasteiger partial charge is 0.497 e. The third kappa shape index (κ3) is 4.42. The Balaban J connectivity index is 2.39. The van der Waals surface area contributed by atoms with Crippen molar-refractivity contribution >= 4 is 29.9 Å². The van der Waals surface area contributed by atoms with Crippen LogP contribution in [0.4, 0.5) is 0 Å². The minimum atomic E-state index is -3.04. The number of halogens is 1. The van der Waals surface area contributed by atoms with Gasteiger partial charge in [-0.2, -0.15) is 0 Å². The standard InChI is InChI=1S/C18H23BrO5Si/c1-13-9-16(19)18(17(10-13)25(21-3,22-4)23-5)24-12-14-7-6-8-15(11-14)20-2/h6-11H,12H2,1-5H3. The van der Waals surface area contributed by atoms with Crippen LogP contribution in [0.5, 0.6) is 11.5 Å². The lowest BCUT2D eigenvalue weighted by molar-refractivity contribution is 0.139. The minimum Gasteiger partial charge on any atom is -0.497 e. The molecular formula is C18H23BrO5Si. The Morgan fingerprint density at radius 2 is 1.64 bits per heavy atom. The quantitative estimate of drug-likeness (QED) is 0.605. The molecule has 0 aliphatic heterocycles. The van der Waals surface area contributed by atoms with Crippen molar-refractivity contribution in [1.29, 1.82) is 0 Å². The van der Waals surface area contributed by atoms with Gasteiger partial charge in [0.1, 0.15) is 18.1 Å². The highest BCUT2D eigenvalue weighted by Crippen LogP contribution is 2.28. The summed E-state index contributed by atoms with van der Waals surface area (Å²) in [4.78, 5) is 0. The molecule has 0 bridgehead atoms. The molecular weight excluding hydrogens is 404 g/mol. The second kappa shape index (κ2) is 8.82. The van der Waals surface area contributed by atoms with Gasteiger partial charge in [-0.25, -0.2) is 0 Å². The van der Waals surface area contributed by atoms with Crippen molar-refractivity contribution < 1.29 is 22.8 Å². The molecule has 0 radical (unpaired) electrons. The molecule has 2 aromatic carbocycles. The second-order valence-electron chi connectivity index (χ2n) is 5.43. The molecule has 25 heavy (non-hydrogen) atoms. The molecule has 7 heteroatoms. The molecule has 0 aliphatic rings. The molecule has 0 amide bonds. The molecule has 5 nitrogen and oxygen atoms in total. The van der Waals surface area contributed by atoms with Crippen molar-refractivity contribution in [3.05, 3.63) is 52.0 Å². The molecule has 0 fully saturated rings. The Hall–Kier alpha value is -1.38. The fourth-order valence-electron chi connectivity index (χ4n) is 2.60. The van der Waals surface area contributed by atoms with E-state index in [1.54, 1.807) is 28.4 Å². The Bertz CT molecular complexity index is 710. The third-order valence-corrected chi connectivity index (χ3v) is 7.07. The van der Waals surface area contributed by atoms with E-state index in [4.69, 9.17) is 22.8 Å². The maximum atomic E-state index is 6.11. The Kier molecular flexibility index (Phi) is 7.03. The lowest BCUT2D eigenvalue weighted by Crippen LogP contribution is -2.55. The highest BCUT2D eigenvalue weighted by atomic mass is 79.9. The van der Waals surface area contributed by atoms with Crippen LogP contribution in [0.3, 0.4) is 0 Å². The fourth-order valence-corrected chi connectivity index (χ4v) is 5.52. The monoisotopic (exact) mass is 426 g/mol. The molecule has 136 valence electrons. The zero-order chi connectivity index (χ0) is 18.4. The van der Waals surface area contributed by atoms with Crippen LogP contribution in [0.15, 0.2) is 40.9 Å². The molecule has 0 saturated heterocycles. The van der Waals surface area contributed by atoms with E-state index in [2.05, 4.69) is 15.9 Å². The maximum absolute atomic E-state index is 6.11. The second-order valence-corrected chi connectivity index (χ2v) is 9.16. The summed E-state index contributed by atoms with van der Waals surface area (Å²) >= 11 is 3.59. The van der Waals surface area contributed by atoms with E-state index >= 15 is 0 Å². The van der Waals surface area contributed by atoms with Crippen molar-refractivity contribution in [3.8, 4) is 11.5 Å². The van der Waals surface area contributed by atoms with Gasteiger partial charge in [0.15, 0.2) is 0 Å². The lowest BCUT2D eigenvalue weighted by atomic mass is 10.2. The van der Waals surface area contributed by atoms with E-state index in [1.165, 1.54) is 0 Å². The van der Waals surface area contributed by atoms with E-state index in [-0.39, 0.29) is 0 Å². The van der Waals surface area contributed by atoms with Crippen molar-refractivity contribution in [2.24, 2.45) is 0 Å². The van der Waals surface area contributed by atoms with Gasteiger partial charge in [-0.15, -0.1) is 0 Å². The average molecular weight is 427 g/mol. The third-order valence-electron chi connectivity index (χ3n) is 3.84. The summed E-state index contributed by atoms with van der Waals surface area (Å²) in [6, 6.07) is 11.7. The Morgan fingerprint density at radius 1 is 0.960 bits per heavy atom. The lowest BCUT2D eigenvalue weighted by Gasteiger charge is -2.27. The van der Waals surface area contributed by atoms with Gasteiger partial charge < -0.3 is 22.8 Å². The highest BCUT2D eigenvalue weighted by Gasteiger charge is 2.44. The number of hydrogen-bond acceptors (Lipinski definition) is 5. The van der Waals surface area contributed by atoms with Crippen LogP contribution in [0.25, 0.3) is 0 Å². The molecule has 2 aromatic rings. The van der Waals surface area contributed by atoms with Crippen LogP contribution in [0.1, 0.15) is 11.1 Å². The van der Waals surface area contributed by atoms with E-state index in [0.717, 1.165) is 26.5 Å². The van der Waals surface area contributed by atoms with Gasteiger partial charge >= 0.3 is 8.80 Å². The summed E-state index contributed by atoms with van der Waals surface area (Å²) in [7, 11) is 3.36. The van der Waals surface area contributed by atoms with Crippen LogP contribution in [0, 0.1) is 6.92 Å². The summed E-state index contributed by atoms with van der Waals surface area (Å²) in [5.41, 5.74) is 2.05. The zero-order valence-corrected chi connectivity index (χ0v) is 17.7. The normalized spacial score (nSPS) is 11.4. The van der Waals surface area contributed by atoms with Gasteiger partial charge in [0, 0.05) is 21.3 Å². The number of rotatable bonds is 8. The van der Waals surface area contributed by atoms with Crippen LogP contribution in [-0.2, 0) is 19.9 Å². The van der Waals surface area contributed by atoms with Gasteiger partial charge in [-0.1, -0.05) is 12.1 Å². The van der Waals surface area contributed by atoms with Crippen LogP contribution < -0.4 is 14.7 Å². The van der Waals surface area contributed by atoms with E-state index < -0.39 is 8.80 Å². The molecule has 0 aromatic heterocycles. The van der Waals surface area contributed by atoms with Gasteiger partial charge in [0.25, 0.3) is 0 Å². The number of hydrogen-bond donors (Lipinski definition) is 0. The molecule has 0 saturated carbocycles. The van der Waals surface area contributed by atoms with Gasteiger partial charge in [0.2, 0.25) is 0 Å². The average Bonchev–Trinajstić information content (AvgIpc) is 2.63. The van der Waals surface area contributed by atoms with E-state index in [1.807, 2.05) is 43.3 Å². The SMILES string of the molecule is COc1cccc(COc2c(Br)cc(C)cc2[Si](OC)(OC)OC)c1. The number of methoxy groups -OCH3 is 1. The van der Waals surface area contributed by atoms with E-state index in [9.17, 15) is 0 Å². The number of benzene rings is 2. The number of ether oxygens (including phenoxy) is 2. The first kappa shape index (κ1) is 19.9. The summed E-state index contributed by atoms with van der Waals surface area (Å²) in [6.45, 7) is 2.38. The predicted octanol–water partition coefficient (Wildman–Crippen LogP) is 3.43. The summed E-state index contributed by atoms with van der Waals surface area (Å²) < 4.78 is 29.1. The minimum absolute atomic E-state index is 0.382. The number of aryl methyl sites for hydroxylation is 1. The van der Waals surface area contributed by atoms with E-state index in [0.29, 0.717) is 12.4 Å². The van der Waals surface area contributed by atoms with Crippen LogP contribution >= 0.6 is 15.9 Å². The highest BCUT2D eigenvalue weighted by molar-refractivity contribution is 9.10. The van der Waals surface area contributed by atoms with Crippen molar-refractivity contribution in [3.63, 3.8) is 0 Å². The first-order chi connectivity index (χ1) is 12.0. The molecule has 0 aliphatic carbocycles. The van der Waals surface area contributed by atoms with Gasteiger partial charge in [-0.05, 0) is 58.2 Å². The summed E-state index contributed by atoms with van der Waals surface area (Å²) in [5, 5.41) is 0.787. The fraction of sp³-hybridized carbons (Fsp3) is 0.333. The first-order valence-electron chi connectivity index (χ1n) is 7.71. The van der Waals surface area contributed by atoms with Crippen molar-refractivity contribution in [2.45, 2.75) is 13.5 Å². The topological polar surface area (TPSA) is 46.2 Å². The predicted molar refractivity (Wildman–Crippen MR) is 103 cm³/mol. The Morgan fingerprint density at radius 3 is 2.24 bits per heavy atom. The molecule has 0 heterocycles. The molecule has 0 N–H and O–H groups in total. The van der Waals surface area contributed by atoms with Gasteiger partial charge in [-0.3, -0.25) is 0 Å². The maximum Gasteiger partial charge on any atom is 0.540 e. The Labute approximate surface area is 158 Å². The van der Waals surface area contributed by atoms with Crippen LogP contribution in [-0.4, -0.2) is 37.2 Å². The molecule has 0 unspecified atom stereocenters. The first-order valence-corrected chi connectivity index (χ1v) is 10.2. The zero-order valence-electron chi connectivity index (χ0n) is 15.1. The molecule has 0 spiro atoms. The molecule has 0 atom stereocenters. The summed E-state index contributed by atoms with van der Waals surface area (Å²) in [6.07, 6.45) is 0. The molecule has 2 rings (SSSR count). The van der Waals surface area contributed by atoms with Crippen molar-refractivity contribution in [1.82, 2.24) is 0 Å². The summed E-state index contributed by atoms with van der Waals surface area (Å²) in [5.74, 6) is 1.45. The van der Waals surface area contributed by atoms with Crippen molar-refractivity contribution in [2.75, 3.05) is 28.4 Å². The largest absolute Gasteiger partial charge is 0.540 e. The van der Waals surface area contributed by atoms with Crippen LogP contribution in [0.2, 0.25) is 0 Å². The van der Waals surface area contributed by atoms with Gasteiger partial charge in [0.05, 0.1) is 16.8 Å².